The molecule has 1 saturated carbocycles. The Morgan fingerprint density at radius 2 is 2.05 bits per heavy atom. The molecule has 3 rings (SSSR count). The van der Waals surface area contributed by atoms with Crippen LogP contribution in [0.4, 0.5) is 0 Å². The summed E-state index contributed by atoms with van der Waals surface area (Å²) >= 11 is 0. The molecule has 1 aliphatic carbocycles. The maximum Gasteiger partial charge on any atom is 0.0955 e. The van der Waals surface area contributed by atoms with Gasteiger partial charge >= 0.3 is 0 Å². The molecule has 1 aromatic heterocycles. The number of fused-ring (bicyclic) bond motifs is 1. The summed E-state index contributed by atoms with van der Waals surface area (Å²) in [5.74, 6) is 0.476. The van der Waals surface area contributed by atoms with Crippen molar-refractivity contribution in [2.24, 2.45) is 18.7 Å². The average Bonchev–Trinajstić information content (AvgIpc) is 2.80. The van der Waals surface area contributed by atoms with E-state index in [1.54, 1.807) is 0 Å². The Hall–Kier alpha value is -1.39. The standard InChI is InChI=1S/C15H21N3O/c1-18-9-17-13-8-11(4-7-14(13)18)15(16)10-2-5-12(19)6-3-10/h4,7-10,12,15,19H,2-3,5-6,16H2,1H3. The molecule has 0 bridgehead atoms. The lowest BCUT2D eigenvalue weighted by Crippen LogP contribution is -2.27. The third-order valence-corrected chi connectivity index (χ3v) is 4.38. The second-order valence-corrected chi connectivity index (χ2v) is 5.70. The first-order valence-electron chi connectivity index (χ1n) is 7.00. The third kappa shape index (κ3) is 2.38. The summed E-state index contributed by atoms with van der Waals surface area (Å²) in [6.07, 6.45) is 5.50. The zero-order valence-corrected chi connectivity index (χ0v) is 11.3. The Morgan fingerprint density at radius 1 is 1.32 bits per heavy atom. The third-order valence-electron chi connectivity index (χ3n) is 4.38. The van der Waals surface area contributed by atoms with E-state index >= 15 is 0 Å². The zero-order chi connectivity index (χ0) is 13.4. The van der Waals surface area contributed by atoms with Crippen molar-refractivity contribution < 1.29 is 5.11 Å². The summed E-state index contributed by atoms with van der Waals surface area (Å²) < 4.78 is 2.02. The highest BCUT2D eigenvalue weighted by Gasteiger charge is 2.25. The molecule has 1 atom stereocenters. The van der Waals surface area contributed by atoms with Gasteiger partial charge in [-0.25, -0.2) is 4.98 Å². The summed E-state index contributed by atoms with van der Waals surface area (Å²) in [5, 5.41) is 9.57. The predicted octanol–water partition coefficient (Wildman–Crippen LogP) is 2.12. The SMILES string of the molecule is Cn1cnc2cc(C(N)C3CCC(O)CC3)ccc21. The highest BCUT2D eigenvalue weighted by Crippen LogP contribution is 2.33. The number of aliphatic hydroxyl groups excluding tert-OH is 1. The lowest BCUT2D eigenvalue weighted by atomic mass is 9.80. The van der Waals surface area contributed by atoms with E-state index in [4.69, 9.17) is 5.73 Å². The largest absolute Gasteiger partial charge is 0.393 e. The van der Waals surface area contributed by atoms with E-state index < -0.39 is 0 Å². The van der Waals surface area contributed by atoms with Crippen LogP contribution in [0, 0.1) is 5.92 Å². The first-order valence-corrected chi connectivity index (χ1v) is 7.00. The molecular formula is C15H21N3O. The van der Waals surface area contributed by atoms with Crippen molar-refractivity contribution in [2.75, 3.05) is 0 Å². The molecule has 1 fully saturated rings. The van der Waals surface area contributed by atoms with Crippen LogP contribution in [-0.4, -0.2) is 20.8 Å². The summed E-state index contributed by atoms with van der Waals surface area (Å²) in [6.45, 7) is 0. The summed E-state index contributed by atoms with van der Waals surface area (Å²) in [4.78, 5) is 4.39. The normalized spacial score (nSPS) is 25.6. The molecule has 4 nitrogen and oxygen atoms in total. The van der Waals surface area contributed by atoms with Crippen molar-refractivity contribution in [3.8, 4) is 0 Å². The van der Waals surface area contributed by atoms with E-state index in [9.17, 15) is 5.11 Å². The lowest BCUT2D eigenvalue weighted by molar-refractivity contribution is 0.102. The lowest BCUT2D eigenvalue weighted by Gasteiger charge is -2.30. The van der Waals surface area contributed by atoms with Gasteiger partial charge in [0.15, 0.2) is 0 Å². The summed E-state index contributed by atoms with van der Waals surface area (Å²) in [5.41, 5.74) is 9.70. The second-order valence-electron chi connectivity index (χ2n) is 5.70. The molecule has 102 valence electrons. The molecule has 0 aliphatic heterocycles. The fourth-order valence-electron chi connectivity index (χ4n) is 3.09. The van der Waals surface area contributed by atoms with E-state index in [0.717, 1.165) is 42.3 Å². The smallest absolute Gasteiger partial charge is 0.0955 e. The van der Waals surface area contributed by atoms with Crippen LogP contribution in [0.25, 0.3) is 11.0 Å². The van der Waals surface area contributed by atoms with Crippen LogP contribution in [0.1, 0.15) is 37.3 Å². The van der Waals surface area contributed by atoms with Gasteiger partial charge in [-0.1, -0.05) is 6.07 Å². The van der Waals surface area contributed by atoms with Gasteiger partial charge in [0.1, 0.15) is 0 Å². The molecule has 2 aromatic rings. The van der Waals surface area contributed by atoms with Crippen LogP contribution in [-0.2, 0) is 7.05 Å². The van der Waals surface area contributed by atoms with Crippen LogP contribution in [0.3, 0.4) is 0 Å². The molecule has 4 heteroatoms. The molecule has 0 radical (unpaired) electrons. The van der Waals surface area contributed by atoms with Crippen LogP contribution in [0.5, 0.6) is 0 Å². The quantitative estimate of drug-likeness (QED) is 0.868. The number of nitrogens with two attached hydrogens (primary N) is 1. The van der Waals surface area contributed by atoms with Gasteiger partial charge in [-0.15, -0.1) is 0 Å². The Kier molecular flexibility index (Phi) is 3.29. The zero-order valence-electron chi connectivity index (χ0n) is 11.3. The van der Waals surface area contributed by atoms with Crippen molar-refractivity contribution in [1.82, 2.24) is 9.55 Å². The molecule has 0 amide bonds. The molecule has 0 spiro atoms. The van der Waals surface area contributed by atoms with E-state index in [0.29, 0.717) is 5.92 Å². The monoisotopic (exact) mass is 259 g/mol. The Labute approximate surface area is 113 Å². The number of benzene rings is 1. The van der Waals surface area contributed by atoms with Crippen molar-refractivity contribution in [1.29, 1.82) is 0 Å². The van der Waals surface area contributed by atoms with Gasteiger partial charge < -0.3 is 15.4 Å². The molecule has 1 heterocycles. The molecule has 0 saturated heterocycles. The number of hydrogen-bond acceptors (Lipinski definition) is 3. The number of nitrogens with zero attached hydrogens (tertiary/aromatic N) is 2. The van der Waals surface area contributed by atoms with Crippen LogP contribution >= 0.6 is 0 Å². The molecule has 3 N–H and O–H groups in total. The molecule has 1 aromatic carbocycles. The number of hydrogen-bond donors (Lipinski definition) is 2. The van der Waals surface area contributed by atoms with Gasteiger partial charge in [-0.05, 0) is 49.3 Å². The molecule has 19 heavy (non-hydrogen) atoms. The van der Waals surface area contributed by atoms with Crippen molar-refractivity contribution in [3.05, 3.63) is 30.1 Å². The van der Waals surface area contributed by atoms with Gasteiger partial charge in [-0.3, -0.25) is 0 Å². The summed E-state index contributed by atoms with van der Waals surface area (Å²) in [6, 6.07) is 6.36. The first-order chi connectivity index (χ1) is 9.15. The average molecular weight is 259 g/mol. The Morgan fingerprint density at radius 3 is 2.79 bits per heavy atom. The molecular weight excluding hydrogens is 238 g/mol. The highest BCUT2D eigenvalue weighted by atomic mass is 16.3. The van der Waals surface area contributed by atoms with Gasteiger partial charge in [0.2, 0.25) is 0 Å². The number of rotatable bonds is 2. The van der Waals surface area contributed by atoms with Gasteiger partial charge in [0.25, 0.3) is 0 Å². The van der Waals surface area contributed by atoms with Crippen molar-refractivity contribution in [2.45, 2.75) is 37.8 Å². The topological polar surface area (TPSA) is 64.1 Å². The van der Waals surface area contributed by atoms with E-state index in [-0.39, 0.29) is 12.1 Å². The van der Waals surface area contributed by atoms with Crippen LogP contribution in [0.2, 0.25) is 0 Å². The number of imidazole rings is 1. The molecule has 1 aliphatic rings. The van der Waals surface area contributed by atoms with E-state index in [2.05, 4.69) is 23.2 Å². The van der Waals surface area contributed by atoms with Gasteiger partial charge in [0, 0.05) is 13.1 Å². The van der Waals surface area contributed by atoms with E-state index in [1.165, 1.54) is 0 Å². The maximum atomic E-state index is 9.57. The fraction of sp³-hybridized carbons (Fsp3) is 0.533. The Bertz CT molecular complexity index is 570. The second kappa shape index (κ2) is 4.94. The minimum Gasteiger partial charge on any atom is -0.393 e. The van der Waals surface area contributed by atoms with Crippen LogP contribution in [0.15, 0.2) is 24.5 Å². The minimum atomic E-state index is -0.123. The van der Waals surface area contributed by atoms with Crippen LogP contribution < -0.4 is 5.73 Å². The van der Waals surface area contributed by atoms with Gasteiger partial charge in [-0.2, -0.15) is 0 Å². The minimum absolute atomic E-state index is 0.0545. The van der Waals surface area contributed by atoms with Gasteiger partial charge in [0.05, 0.1) is 23.5 Å². The van der Waals surface area contributed by atoms with E-state index in [1.807, 2.05) is 17.9 Å². The highest BCUT2D eigenvalue weighted by molar-refractivity contribution is 5.76. The van der Waals surface area contributed by atoms with Crippen molar-refractivity contribution in [3.63, 3.8) is 0 Å². The fourth-order valence-corrected chi connectivity index (χ4v) is 3.09. The number of aromatic nitrogens is 2. The Balaban J connectivity index is 1.83. The first kappa shape index (κ1) is 12.6. The van der Waals surface area contributed by atoms with Crippen molar-refractivity contribution >= 4 is 11.0 Å². The number of aliphatic hydroxyl groups is 1. The predicted molar refractivity (Wildman–Crippen MR) is 75.6 cm³/mol. The maximum absolute atomic E-state index is 9.57. The molecule has 1 unspecified atom stereocenters. The summed E-state index contributed by atoms with van der Waals surface area (Å²) in [7, 11) is 2.00. The number of aryl methyl sites for hydroxylation is 1.